The summed E-state index contributed by atoms with van der Waals surface area (Å²) < 4.78 is 16.3. The van der Waals surface area contributed by atoms with Crippen LogP contribution in [0.1, 0.15) is 37.0 Å². The molecule has 1 aromatic heterocycles. The summed E-state index contributed by atoms with van der Waals surface area (Å²) in [4.78, 5) is 25.6. The van der Waals surface area contributed by atoms with Gasteiger partial charge in [-0.25, -0.2) is 4.79 Å². The van der Waals surface area contributed by atoms with Crippen molar-refractivity contribution in [3.63, 3.8) is 0 Å². The molecule has 0 amide bonds. The predicted octanol–water partition coefficient (Wildman–Crippen LogP) is 2.77. The van der Waals surface area contributed by atoms with Gasteiger partial charge >= 0.3 is 11.6 Å². The Bertz CT molecular complexity index is 868. The van der Waals surface area contributed by atoms with Crippen LogP contribution in [0.3, 0.4) is 0 Å². The number of carbonyl (C=O) groups excluding carboxylic acids is 1. The van der Waals surface area contributed by atoms with Crippen LogP contribution in [-0.2, 0) is 22.5 Å². The molecule has 0 saturated heterocycles. The van der Waals surface area contributed by atoms with Crippen molar-refractivity contribution in [1.82, 2.24) is 4.90 Å². The number of esters is 1. The highest BCUT2D eigenvalue weighted by Crippen LogP contribution is 2.37. The third-order valence-corrected chi connectivity index (χ3v) is 4.66. The molecule has 0 saturated carbocycles. The van der Waals surface area contributed by atoms with Crippen LogP contribution < -0.4 is 10.4 Å². The van der Waals surface area contributed by atoms with Crippen molar-refractivity contribution >= 4 is 16.9 Å². The Balaban J connectivity index is 2.15. The molecule has 0 aliphatic carbocycles. The van der Waals surface area contributed by atoms with Gasteiger partial charge < -0.3 is 13.9 Å². The van der Waals surface area contributed by atoms with Gasteiger partial charge in [0.2, 0.25) is 0 Å². The lowest BCUT2D eigenvalue weighted by Crippen LogP contribution is -2.37. The van der Waals surface area contributed by atoms with Gasteiger partial charge in [0.25, 0.3) is 0 Å². The van der Waals surface area contributed by atoms with Gasteiger partial charge in [-0.05, 0) is 44.4 Å². The topological polar surface area (TPSA) is 69.0 Å². The largest absolute Gasteiger partial charge is 0.477 e. The van der Waals surface area contributed by atoms with Gasteiger partial charge in [0.05, 0.1) is 12.7 Å². The first-order chi connectivity index (χ1) is 11.9. The Morgan fingerprint density at radius 1 is 1.36 bits per heavy atom. The van der Waals surface area contributed by atoms with Crippen LogP contribution in [0.5, 0.6) is 5.75 Å². The van der Waals surface area contributed by atoms with Crippen molar-refractivity contribution in [2.45, 2.75) is 46.2 Å². The maximum atomic E-state index is 11.9. The SMILES string of the molecule is COC(=O)CCc1cc2c(C)cc(=O)oc2c2c1OCN(C(C)C)C2. The summed E-state index contributed by atoms with van der Waals surface area (Å²) in [6, 6.07) is 3.75. The lowest BCUT2D eigenvalue weighted by atomic mass is 9.97. The minimum absolute atomic E-state index is 0.259. The Labute approximate surface area is 146 Å². The molecule has 0 unspecified atom stereocenters. The van der Waals surface area contributed by atoms with E-state index < -0.39 is 0 Å². The summed E-state index contributed by atoms with van der Waals surface area (Å²) in [5.41, 5.74) is 2.88. The molecule has 2 aromatic rings. The molecule has 0 fully saturated rings. The van der Waals surface area contributed by atoms with Gasteiger partial charge in [0.1, 0.15) is 18.1 Å². The van der Waals surface area contributed by atoms with Crippen molar-refractivity contribution in [2.24, 2.45) is 0 Å². The minimum atomic E-state index is -0.365. The monoisotopic (exact) mass is 345 g/mol. The summed E-state index contributed by atoms with van der Waals surface area (Å²) in [5, 5.41) is 0.882. The highest BCUT2D eigenvalue weighted by Gasteiger charge is 2.26. The third kappa shape index (κ3) is 3.39. The van der Waals surface area contributed by atoms with E-state index in [2.05, 4.69) is 18.7 Å². The Morgan fingerprint density at radius 3 is 2.80 bits per heavy atom. The molecule has 0 spiro atoms. The molecule has 25 heavy (non-hydrogen) atoms. The van der Waals surface area contributed by atoms with E-state index in [1.165, 1.54) is 13.2 Å². The van der Waals surface area contributed by atoms with Crippen LogP contribution in [0.2, 0.25) is 0 Å². The van der Waals surface area contributed by atoms with Gasteiger partial charge in [0, 0.05) is 30.5 Å². The predicted molar refractivity (Wildman–Crippen MR) is 93.7 cm³/mol. The van der Waals surface area contributed by atoms with Gasteiger partial charge in [-0.1, -0.05) is 0 Å². The number of benzene rings is 1. The fraction of sp³-hybridized carbons (Fsp3) is 0.474. The van der Waals surface area contributed by atoms with Crippen LogP contribution in [0.15, 0.2) is 21.3 Å². The van der Waals surface area contributed by atoms with Crippen molar-refractivity contribution in [1.29, 1.82) is 0 Å². The Kier molecular flexibility index (Phi) is 4.81. The summed E-state index contributed by atoms with van der Waals surface area (Å²) >= 11 is 0. The number of rotatable bonds is 4. The fourth-order valence-electron chi connectivity index (χ4n) is 3.13. The van der Waals surface area contributed by atoms with Crippen molar-refractivity contribution in [3.05, 3.63) is 39.2 Å². The Hall–Kier alpha value is -2.34. The summed E-state index contributed by atoms with van der Waals surface area (Å²) in [7, 11) is 1.38. The van der Waals surface area contributed by atoms with E-state index in [0.717, 1.165) is 27.8 Å². The minimum Gasteiger partial charge on any atom is -0.477 e. The highest BCUT2D eigenvalue weighted by atomic mass is 16.5. The van der Waals surface area contributed by atoms with Gasteiger partial charge in [0.15, 0.2) is 0 Å². The number of nitrogens with zero attached hydrogens (tertiary/aromatic N) is 1. The third-order valence-electron chi connectivity index (χ3n) is 4.66. The van der Waals surface area contributed by atoms with Crippen LogP contribution in [0, 0.1) is 6.92 Å². The summed E-state index contributed by atoms with van der Waals surface area (Å²) in [5.74, 6) is 0.465. The molecular weight excluding hydrogens is 322 g/mol. The number of ether oxygens (including phenoxy) is 2. The van der Waals surface area contributed by atoms with Gasteiger partial charge in [-0.3, -0.25) is 9.69 Å². The quantitative estimate of drug-likeness (QED) is 0.627. The van der Waals surface area contributed by atoms with E-state index in [0.29, 0.717) is 31.3 Å². The maximum Gasteiger partial charge on any atom is 0.336 e. The molecular formula is C19H23NO5. The van der Waals surface area contributed by atoms with E-state index in [-0.39, 0.29) is 18.0 Å². The fourth-order valence-corrected chi connectivity index (χ4v) is 3.13. The molecule has 3 rings (SSSR count). The van der Waals surface area contributed by atoms with E-state index in [9.17, 15) is 9.59 Å². The van der Waals surface area contributed by atoms with Crippen LogP contribution >= 0.6 is 0 Å². The summed E-state index contributed by atoms with van der Waals surface area (Å²) in [6.07, 6.45) is 0.798. The van der Waals surface area contributed by atoms with E-state index in [1.807, 2.05) is 13.0 Å². The first kappa shape index (κ1) is 17.5. The number of hydrogen-bond acceptors (Lipinski definition) is 6. The molecule has 1 aliphatic rings. The molecule has 2 heterocycles. The van der Waals surface area contributed by atoms with Crippen molar-refractivity contribution in [2.75, 3.05) is 13.8 Å². The molecule has 0 bridgehead atoms. The lowest BCUT2D eigenvalue weighted by Gasteiger charge is -2.33. The van der Waals surface area contributed by atoms with E-state index in [1.54, 1.807) is 0 Å². The van der Waals surface area contributed by atoms with Crippen molar-refractivity contribution < 1.29 is 18.7 Å². The van der Waals surface area contributed by atoms with Crippen molar-refractivity contribution in [3.8, 4) is 5.75 Å². The average Bonchev–Trinajstić information content (AvgIpc) is 2.59. The van der Waals surface area contributed by atoms with Crippen LogP contribution in [-0.4, -0.2) is 30.8 Å². The van der Waals surface area contributed by atoms with E-state index >= 15 is 0 Å². The van der Waals surface area contributed by atoms with Crippen LogP contribution in [0.25, 0.3) is 11.0 Å². The number of carbonyl (C=O) groups is 1. The Morgan fingerprint density at radius 2 is 2.12 bits per heavy atom. The molecule has 134 valence electrons. The zero-order valence-corrected chi connectivity index (χ0v) is 15.0. The standard InChI is InChI=1S/C19H23NO5/c1-11(2)20-9-15-18(24-10-20)13(5-6-16(21)23-4)8-14-12(3)7-17(22)25-19(14)15/h7-8,11H,5-6,9-10H2,1-4H3. The maximum absolute atomic E-state index is 11.9. The zero-order valence-electron chi connectivity index (χ0n) is 15.0. The first-order valence-corrected chi connectivity index (χ1v) is 8.43. The highest BCUT2D eigenvalue weighted by molar-refractivity contribution is 5.86. The molecule has 6 heteroatoms. The normalized spacial score (nSPS) is 14.4. The molecule has 0 radical (unpaired) electrons. The zero-order chi connectivity index (χ0) is 18.1. The molecule has 1 aliphatic heterocycles. The second-order valence-corrected chi connectivity index (χ2v) is 6.66. The first-order valence-electron chi connectivity index (χ1n) is 8.43. The second-order valence-electron chi connectivity index (χ2n) is 6.66. The lowest BCUT2D eigenvalue weighted by molar-refractivity contribution is -0.140. The number of methoxy groups -OCH3 is 1. The number of fused-ring (bicyclic) bond motifs is 3. The number of hydrogen-bond donors (Lipinski definition) is 0. The van der Waals surface area contributed by atoms with Gasteiger partial charge in [-0.2, -0.15) is 0 Å². The summed E-state index contributed by atoms with van der Waals surface area (Å²) in [6.45, 7) is 7.19. The van der Waals surface area contributed by atoms with Gasteiger partial charge in [-0.15, -0.1) is 0 Å². The molecule has 0 atom stereocenters. The molecule has 0 N–H and O–H groups in total. The van der Waals surface area contributed by atoms with E-state index in [4.69, 9.17) is 13.9 Å². The average molecular weight is 345 g/mol. The van der Waals surface area contributed by atoms with Crippen LogP contribution in [0.4, 0.5) is 0 Å². The molecule has 6 nitrogen and oxygen atoms in total. The number of aryl methyl sites for hydroxylation is 2. The smallest absolute Gasteiger partial charge is 0.336 e. The second kappa shape index (κ2) is 6.88. The molecule has 1 aromatic carbocycles.